The molecule has 6 heteroatoms. The fourth-order valence-electron chi connectivity index (χ4n) is 2.50. The Morgan fingerprint density at radius 2 is 1.96 bits per heavy atom. The summed E-state index contributed by atoms with van der Waals surface area (Å²) in [6.07, 6.45) is 1.80. The molecule has 0 bridgehead atoms. The number of nitrogens with one attached hydrogen (secondary N) is 1. The van der Waals surface area contributed by atoms with Crippen LogP contribution >= 0.6 is 24.0 Å². The Bertz CT molecular complexity index is 877. The minimum absolute atomic E-state index is 0.169. The summed E-state index contributed by atoms with van der Waals surface area (Å²) in [4.78, 5) is 12.4. The van der Waals surface area contributed by atoms with Gasteiger partial charge in [-0.25, -0.2) is 0 Å². The second-order valence-electron chi connectivity index (χ2n) is 5.71. The minimum atomic E-state index is -0.169. The number of rotatable bonds is 6. The number of carbonyl (C=O) groups is 1. The van der Waals surface area contributed by atoms with Gasteiger partial charge >= 0.3 is 0 Å². The Labute approximate surface area is 162 Å². The van der Waals surface area contributed by atoms with E-state index in [4.69, 9.17) is 21.7 Å². The van der Waals surface area contributed by atoms with Crippen LogP contribution in [0, 0.1) is 6.92 Å². The van der Waals surface area contributed by atoms with Gasteiger partial charge in [-0.05, 0) is 48.7 Å². The quantitative estimate of drug-likeness (QED) is 0.588. The van der Waals surface area contributed by atoms with Crippen LogP contribution in [-0.4, -0.2) is 16.8 Å². The van der Waals surface area contributed by atoms with Gasteiger partial charge in [-0.15, -0.1) is 0 Å². The van der Waals surface area contributed by atoms with Gasteiger partial charge in [0.15, 0.2) is 11.5 Å². The summed E-state index contributed by atoms with van der Waals surface area (Å²) >= 11 is 6.28. The molecule has 0 radical (unpaired) electrons. The van der Waals surface area contributed by atoms with Crippen molar-refractivity contribution in [2.24, 2.45) is 0 Å². The number of benzene rings is 2. The van der Waals surface area contributed by atoms with E-state index in [0.29, 0.717) is 33.9 Å². The third-order valence-electron chi connectivity index (χ3n) is 3.85. The van der Waals surface area contributed by atoms with Crippen molar-refractivity contribution < 1.29 is 14.3 Å². The van der Waals surface area contributed by atoms with Crippen LogP contribution in [0.4, 0.5) is 0 Å². The number of aryl methyl sites for hydroxylation is 1. The lowest BCUT2D eigenvalue weighted by Gasteiger charge is -2.13. The van der Waals surface area contributed by atoms with Crippen molar-refractivity contribution in [3.63, 3.8) is 0 Å². The summed E-state index contributed by atoms with van der Waals surface area (Å²) in [5, 5.41) is 2.61. The predicted octanol–water partition coefficient (Wildman–Crippen LogP) is 4.46. The first-order valence-corrected chi connectivity index (χ1v) is 9.48. The van der Waals surface area contributed by atoms with Crippen molar-refractivity contribution in [2.45, 2.75) is 20.5 Å². The molecular formula is C20H19NO3S2. The second kappa shape index (κ2) is 8.38. The highest BCUT2D eigenvalue weighted by Crippen LogP contribution is 2.32. The molecule has 26 heavy (non-hydrogen) atoms. The molecule has 2 aromatic rings. The minimum Gasteiger partial charge on any atom is -0.490 e. The normalized spacial score (nSPS) is 15.2. The monoisotopic (exact) mass is 385 g/mol. The Hall–Kier alpha value is -2.31. The molecule has 2 aromatic carbocycles. The van der Waals surface area contributed by atoms with E-state index in [-0.39, 0.29) is 5.91 Å². The third-order valence-corrected chi connectivity index (χ3v) is 5.01. The van der Waals surface area contributed by atoms with Crippen LogP contribution in [-0.2, 0) is 11.4 Å². The fraction of sp³-hybridized carbons (Fsp3) is 0.200. The molecule has 1 N–H and O–H groups in total. The SMILES string of the molecule is CCOc1cc(/C=C2\SC(=S)NC2=O)ccc1OCc1ccccc1C. The van der Waals surface area contributed by atoms with E-state index in [0.717, 1.165) is 11.1 Å². The average molecular weight is 386 g/mol. The molecule has 1 heterocycles. The molecule has 0 aliphatic carbocycles. The smallest absolute Gasteiger partial charge is 0.263 e. The summed E-state index contributed by atoms with van der Waals surface area (Å²) in [6, 6.07) is 13.8. The highest BCUT2D eigenvalue weighted by atomic mass is 32.2. The van der Waals surface area contributed by atoms with E-state index < -0.39 is 0 Å². The Balaban J connectivity index is 1.80. The lowest BCUT2D eigenvalue weighted by molar-refractivity contribution is -0.115. The topological polar surface area (TPSA) is 47.6 Å². The Morgan fingerprint density at radius 1 is 1.15 bits per heavy atom. The number of hydrogen-bond acceptors (Lipinski definition) is 5. The van der Waals surface area contributed by atoms with Gasteiger partial charge in [0.1, 0.15) is 10.9 Å². The second-order valence-corrected chi connectivity index (χ2v) is 7.43. The van der Waals surface area contributed by atoms with Crippen molar-refractivity contribution in [2.75, 3.05) is 6.61 Å². The van der Waals surface area contributed by atoms with E-state index in [9.17, 15) is 4.79 Å². The number of hydrogen-bond donors (Lipinski definition) is 1. The molecule has 0 atom stereocenters. The van der Waals surface area contributed by atoms with Crippen LogP contribution in [0.15, 0.2) is 47.4 Å². The molecule has 4 nitrogen and oxygen atoms in total. The Kier molecular flexibility index (Phi) is 5.96. The van der Waals surface area contributed by atoms with Gasteiger partial charge in [-0.2, -0.15) is 0 Å². The van der Waals surface area contributed by atoms with Crippen LogP contribution in [0.25, 0.3) is 6.08 Å². The van der Waals surface area contributed by atoms with E-state index in [1.54, 1.807) is 6.08 Å². The number of thiocarbonyl (C=S) groups is 1. The molecule has 0 saturated carbocycles. The maximum absolute atomic E-state index is 11.8. The molecule has 134 valence electrons. The van der Waals surface area contributed by atoms with Crippen molar-refractivity contribution >= 4 is 40.3 Å². The molecule has 0 spiro atoms. The first-order valence-electron chi connectivity index (χ1n) is 8.26. The summed E-state index contributed by atoms with van der Waals surface area (Å²) in [5.74, 6) is 1.16. The molecule has 1 fully saturated rings. The zero-order chi connectivity index (χ0) is 18.5. The van der Waals surface area contributed by atoms with Crippen molar-refractivity contribution in [3.05, 3.63) is 64.1 Å². The molecule has 1 aliphatic heterocycles. The van der Waals surface area contributed by atoms with Gasteiger partial charge in [0, 0.05) is 0 Å². The number of amides is 1. The summed E-state index contributed by atoms with van der Waals surface area (Å²) in [7, 11) is 0. The van der Waals surface area contributed by atoms with E-state index >= 15 is 0 Å². The average Bonchev–Trinajstić information content (AvgIpc) is 2.93. The van der Waals surface area contributed by atoms with Crippen molar-refractivity contribution in [1.29, 1.82) is 0 Å². The summed E-state index contributed by atoms with van der Waals surface area (Å²) in [6.45, 7) is 4.99. The maximum Gasteiger partial charge on any atom is 0.263 e. The fourth-order valence-corrected chi connectivity index (χ4v) is 3.55. The Morgan fingerprint density at radius 3 is 2.65 bits per heavy atom. The molecule has 0 unspecified atom stereocenters. The molecular weight excluding hydrogens is 366 g/mol. The largest absolute Gasteiger partial charge is 0.490 e. The first-order chi connectivity index (χ1) is 12.6. The van der Waals surface area contributed by atoms with Gasteiger partial charge in [0.25, 0.3) is 5.91 Å². The number of ether oxygens (including phenoxy) is 2. The summed E-state index contributed by atoms with van der Waals surface area (Å²) < 4.78 is 12.2. The van der Waals surface area contributed by atoms with Crippen molar-refractivity contribution in [1.82, 2.24) is 5.32 Å². The van der Waals surface area contributed by atoms with Gasteiger partial charge < -0.3 is 14.8 Å². The van der Waals surface area contributed by atoms with Gasteiger partial charge in [0.2, 0.25) is 0 Å². The molecule has 3 rings (SSSR count). The van der Waals surface area contributed by atoms with Crippen LogP contribution in [0.1, 0.15) is 23.6 Å². The van der Waals surface area contributed by atoms with Crippen LogP contribution in [0.3, 0.4) is 0 Å². The van der Waals surface area contributed by atoms with E-state index in [2.05, 4.69) is 18.3 Å². The highest BCUT2D eigenvalue weighted by Gasteiger charge is 2.22. The van der Waals surface area contributed by atoms with E-state index in [1.807, 2.05) is 43.3 Å². The molecule has 0 aromatic heterocycles. The lowest BCUT2D eigenvalue weighted by Crippen LogP contribution is -2.17. The number of thioether (sulfide) groups is 1. The van der Waals surface area contributed by atoms with Gasteiger partial charge in [-0.1, -0.05) is 54.3 Å². The van der Waals surface area contributed by atoms with E-state index in [1.165, 1.54) is 17.3 Å². The van der Waals surface area contributed by atoms with Crippen LogP contribution < -0.4 is 14.8 Å². The van der Waals surface area contributed by atoms with Crippen LogP contribution in [0.5, 0.6) is 11.5 Å². The highest BCUT2D eigenvalue weighted by molar-refractivity contribution is 8.26. The van der Waals surface area contributed by atoms with Crippen molar-refractivity contribution in [3.8, 4) is 11.5 Å². The zero-order valence-electron chi connectivity index (χ0n) is 14.6. The van der Waals surface area contributed by atoms with Gasteiger partial charge in [-0.3, -0.25) is 4.79 Å². The number of carbonyl (C=O) groups excluding carboxylic acids is 1. The maximum atomic E-state index is 11.8. The van der Waals surface area contributed by atoms with Gasteiger partial charge in [0.05, 0.1) is 11.5 Å². The lowest BCUT2D eigenvalue weighted by atomic mass is 10.1. The standard InChI is InChI=1S/C20H19NO3S2/c1-3-23-17-10-14(11-18-19(22)21-20(25)26-18)8-9-16(17)24-12-15-7-5-4-6-13(15)2/h4-11H,3,12H2,1-2H3,(H,21,22,25)/b18-11-. The molecule has 1 amide bonds. The molecule has 1 saturated heterocycles. The third kappa shape index (κ3) is 4.45. The zero-order valence-corrected chi connectivity index (χ0v) is 16.2. The predicted molar refractivity (Wildman–Crippen MR) is 109 cm³/mol. The molecule has 1 aliphatic rings. The first kappa shape index (κ1) is 18.5. The summed E-state index contributed by atoms with van der Waals surface area (Å²) in [5.41, 5.74) is 3.18. The van der Waals surface area contributed by atoms with Crippen LogP contribution in [0.2, 0.25) is 0 Å².